The Labute approximate surface area is 516 Å². The number of carboxylic acids is 1. The largest absolute Gasteiger partial charge is 0.481 e. The maximum absolute atomic E-state index is 14.5. The Morgan fingerprint density at radius 1 is 0.736 bits per heavy atom. The molecule has 1 unspecified atom stereocenters. The van der Waals surface area contributed by atoms with E-state index in [1.165, 1.54) is 13.2 Å². The number of likely N-dealkylation sites (N-methyl/N-ethyl adjacent to an activating group) is 2. The number of likely N-dealkylation sites (tertiary alicyclic amines) is 2. The van der Waals surface area contributed by atoms with E-state index >= 15 is 0 Å². The van der Waals surface area contributed by atoms with E-state index in [2.05, 4.69) is 26.7 Å². The molecule has 1 aromatic rings. The molecule has 0 aromatic heterocycles. The van der Waals surface area contributed by atoms with Crippen LogP contribution in [0.4, 0.5) is 5.69 Å². The molecular formula is C63H105N9O15. The zero-order chi connectivity index (χ0) is 65.1. The van der Waals surface area contributed by atoms with Gasteiger partial charge in [-0.2, -0.15) is 0 Å². The van der Waals surface area contributed by atoms with Gasteiger partial charge in [-0.05, 0) is 94.5 Å². The van der Waals surface area contributed by atoms with Crippen molar-refractivity contribution in [3.8, 4) is 0 Å². The summed E-state index contributed by atoms with van der Waals surface area (Å²) in [5, 5.41) is 20.7. The van der Waals surface area contributed by atoms with Crippen molar-refractivity contribution in [1.82, 2.24) is 41.0 Å². The van der Waals surface area contributed by atoms with E-state index in [9.17, 15) is 43.2 Å². The summed E-state index contributed by atoms with van der Waals surface area (Å²) in [4.78, 5) is 131. The van der Waals surface area contributed by atoms with Crippen molar-refractivity contribution in [3.63, 3.8) is 0 Å². The van der Waals surface area contributed by atoms with Crippen molar-refractivity contribution in [1.29, 1.82) is 0 Å². The molecule has 6 N–H and O–H groups in total. The molecule has 2 aliphatic rings. The van der Waals surface area contributed by atoms with Gasteiger partial charge in [0.1, 0.15) is 12.1 Å². The van der Waals surface area contributed by atoms with Crippen molar-refractivity contribution in [3.05, 3.63) is 42.0 Å². The van der Waals surface area contributed by atoms with Crippen LogP contribution in [0.2, 0.25) is 0 Å². The lowest BCUT2D eigenvalue weighted by molar-refractivity contribution is -0.148. The first-order chi connectivity index (χ1) is 41.1. The van der Waals surface area contributed by atoms with Crippen molar-refractivity contribution >= 4 is 58.9 Å². The van der Waals surface area contributed by atoms with Gasteiger partial charge in [-0.25, -0.2) is 5.48 Å². The van der Waals surface area contributed by atoms with Crippen LogP contribution in [0.5, 0.6) is 0 Å². The molecule has 10 atom stereocenters. The highest BCUT2D eigenvalue weighted by Crippen LogP contribution is 2.30. The lowest BCUT2D eigenvalue weighted by atomic mass is 9.89. The molecule has 1 aromatic carbocycles. The standard InChI is InChI=1S/C63H105N9O15/c1-16-42(8)57(70(13)62(80)55(40(4)5)67-61(79)56(41(6)7)69(11)12)50(83-14)37-54(76)72-29-17-18-49(72)58(84-15)43(9)59(77)66-48(36-39(2)3)23-24-52(74)68-87-38-45-19-21-47(22-20-45)65-60(78)44(10)64-51(73)27-32-85-34-35-86-33-28-53(75)71-30-25-46(26-31-71)63(81)82/h19-24,39-44,46,48-50,55-58H,16-18,25-38H2,1-15H3,(H,64,73)(H,65,78)(H,66,77)(H,67,79)(H,68,74)(H,81,82)/b24-23+/t42-,43+,44+,48+,49-,50+,55-,56?,57-,58+/m0/s1. The highest BCUT2D eigenvalue weighted by molar-refractivity contribution is 5.97. The topological polar surface area (TPSA) is 293 Å². The van der Waals surface area contributed by atoms with Gasteiger partial charge >= 0.3 is 5.97 Å². The summed E-state index contributed by atoms with van der Waals surface area (Å²) in [5.74, 6) is -4.49. The summed E-state index contributed by atoms with van der Waals surface area (Å²) in [7, 11) is 8.47. The number of hydroxylamine groups is 1. The third kappa shape index (κ3) is 24.8. The van der Waals surface area contributed by atoms with E-state index in [1.54, 1.807) is 73.0 Å². The van der Waals surface area contributed by atoms with Crippen LogP contribution in [0.3, 0.4) is 0 Å². The number of ether oxygens (including phenoxy) is 4. The Kier molecular flexibility index (Phi) is 33.2. The van der Waals surface area contributed by atoms with Crippen LogP contribution in [0.15, 0.2) is 36.4 Å². The number of anilines is 1. The molecule has 2 aliphatic heterocycles. The normalized spacial score (nSPS) is 17.9. The third-order valence-corrected chi connectivity index (χ3v) is 16.4. The minimum atomic E-state index is -0.845. The molecule has 0 saturated carbocycles. The van der Waals surface area contributed by atoms with Crippen LogP contribution in [0.25, 0.3) is 0 Å². The van der Waals surface area contributed by atoms with Gasteiger partial charge in [-0.15, -0.1) is 0 Å². The number of aliphatic carboxylic acids is 1. The number of piperidine rings is 1. The van der Waals surface area contributed by atoms with Gasteiger partial charge in [-0.1, -0.05) is 86.9 Å². The monoisotopic (exact) mass is 1230 g/mol. The van der Waals surface area contributed by atoms with E-state index in [0.29, 0.717) is 69.4 Å². The van der Waals surface area contributed by atoms with Crippen LogP contribution in [0.1, 0.15) is 133 Å². The maximum Gasteiger partial charge on any atom is 0.306 e. The van der Waals surface area contributed by atoms with Crippen molar-refractivity contribution < 1.29 is 72.0 Å². The third-order valence-electron chi connectivity index (χ3n) is 16.4. The van der Waals surface area contributed by atoms with E-state index in [-0.39, 0.29) is 111 Å². The number of nitrogens with zero attached hydrogens (tertiary/aromatic N) is 4. The highest BCUT2D eigenvalue weighted by Gasteiger charge is 2.43. The van der Waals surface area contributed by atoms with E-state index < -0.39 is 78.1 Å². The quantitative estimate of drug-likeness (QED) is 0.0301. The predicted molar refractivity (Wildman–Crippen MR) is 329 cm³/mol. The Bertz CT molecular complexity index is 2370. The first-order valence-corrected chi connectivity index (χ1v) is 31.0. The first-order valence-electron chi connectivity index (χ1n) is 31.0. The lowest BCUT2D eigenvalue weighted by Crippen LogP contribution is -2.59. The van der Waals surface area contributed by atoms with Crippen LogP contribution in [-0.4, -0.2) is 208 Å². The van der Waals surface area contributed by atoms with Gasteiger partial charge in [0.05, 0.1) is 88.0 Å². The van der Waals surface area contributed by atoms with Gasteiger partial charge in [0.15, 0.2) is 0 Å². The second-order valence-corrected chi connectivity index (χ2v) is 24.5. The molecule has 2 fully saturated rings. The first kappa shape index (κ1) is 75.2. The molecule has 3 rings (SSSR count). The number of benzene rings is 1. The molecular weight excluding hydrogens is 1120 g/mol. The fourth-order valence-corrected chi connectivity index (χ4v) is 11.3. The SMILES string of the molecule is CC[C@H](C)[C@@H]([C@@H](CC(=O)N1CCC[C@H]1[C@H](OC)[C@@H](C)C(=O)N[C@H](/C=C/C(=O)NOCc1ccc(NC(=O)[C@@H](C)NC(=O)CCOCCOCCC(=O)N2CCC(C(=O)O)CC2)cc1)CC(C)C)OC)N(C)C(=O)[C@@H](NC(=O)C(C(C)C)N(C)C)C(C)C. The van der Waals surface area contributed by atoms with Crippen molar-refractivity contribution in [2.75, 3.05) is 86.7 Å². The molecule has 0 radical (unpaired) electrons. The van der Waals surface area contributed by atoms with Gasteiger partial charge in [-0.3, -0.25) is 52.9 Å². The summed E-state index contributed by atoms with van der Waals surface area (Å²) < 4.78 is 23.0. The Morgan fingerprint density at radius 2 is 1.37 bits per heavy atom. The minimum absolute atomic E-state index is 0.00491. The average molecular weight is 1230 g/mol. The maximum atomic E-state index is 14.5. The number of hydrogen-bond donors (Lipinski definition) is 6. The number of carbonyl (C=O) groups excluding carboxylic acids is 8. The van der Waals surface area contributed by atoms with Crippen LogP contribution < -0.4 is 26.7 Å². The Morgan fingerprint density at radius 3 is 1.92 bits per heavy atom. The molecule has 24 nitrogen and oxygen atoms in total. The molecule has 0 spiro atoms. The van der Waals surface area contributed by atoms with E-state index in [1.807, 2.05) is 74.4 Å². The van der Waals surface area contributed by atoms with Crippen molar-refractivity contribution in [2.24, 2.45) is 35.5 Å². The molecule has 8 amide bonds. The second-order valence-electron chi connectivity index (χ2n) is 24.5. The fraction of sp³-hybridized carbons (Fsp3) is 0.730. The van der Waals surface area contributed by atoms with Crippen LogP contribution >= 0.6 is 0 Å². The smallest absolute Gasteiger partial charge is 0.306 e. The summed E-state index contributed by atoms with van der Waals surface area (Å²) in [6.07, 6.45) is 5.17. The number of amides is 8. The average Bonchev–Trinajstić information content (AvgIpc) is 3.07. The van der Waals surface area contributed by atoms with E-state index in [0.717, 1.165) is 0 Å². The van der Waals surface area contributed by atoms with Crippen molar-refractivity contribution in [2.45, 2.75) is 182 Å². The number of nitrogens with one attached hydrogen (secondary N) is 5. The zero-order valence-corrected chi connectivity index (χ0v) is 54.5. The summed E-state index contributed by atoms with van der Waals surface area (Å²) in [5.41, 5.74) is 3.57. The van der Waals surface area contributed by atoms with Crippen LogP contribution in [-0.2, 0) is 73.5 Å². The zero-order valence-electron chi connectivity index (χ0n) is 54.5. The molecule has 0 aliphatic carbocycles. The van der Waals surface area contributed by atoms with E-state index in [4.69, 9.17) is 28.9 Å². The highest BCUT2D eigenvalue weighted by atomic mass is 16.6. The summed E-state index contributed by atoms with van der Waals surface area (Å²) in [6, 6.07) is 3.21. The van der Waals surface area contributed by atoms with Gasteiger partial charge < -0.3 is 60.0 Å². The number of rotatable bonds is 38. The molecule has 2 heterocycles. The molecule has 2 saturated heterocycles. The summed E-state index contributed by atoms with van der Waals surface area (Å²) >= 11 is 0. The molecule has 24 heteroatoms. The second kappa shape index (κ2) is 38.4. The fourth-order valence-electron chi connectivity index (χ4n) is 11.3. The number of carboxylic acid groups (broad SMARTS) is 1. The minimum Gasteiger partial charge on any atom is -0.481 e. The number of carbonyl (C=O) groups is 9. The Hall–Kier alpha value is -6.05. The molecule has 492 valence electrons. The molecule has 87 heavy (non-hydrogen) atoms. The lowest BCUT2D eigenvalue weighted by Gasteiger charge is -2.41. The molecule has 0 bridgehead atoms. The number of methoxy groups -OCH3 is 2. The predicted octanol–water partition coefficient (Wildman–Crippen LogP) is 4.55. The van der Waals surface area contributed by atoms with Gasteiger partial charge in [0, 0.05) is 65.1 Å². The summed E-state index contributed by atoms with van der Waals surface area (Å²) in [6.45, 7) is 21.2. The van der Waals surface area contributed by atoms with Gasteiger partial charge in [0.25, 0.3) is 5.91 Å². The van der Waals surface area contributed by atoms with Crippen LogP contribution in [0, 0.1) is 35.5 Å². The van der Waals surface area contributed by atoms with Gasteiger partial charge in [0.2, 0.25) is 41.4 Å². The Balaban J connectivity index is 1.48. The number of hydrogen-bond acceptors (Lipinski definition) is 15.